The molecule has 128 valence electrons. The van der Waals surface area contributed by atoms with Gasteiger partial charge in [-0.1, -0.05) is 35.3 Å². The highest BCUT2D eigenvalue weighted by atomic mass is 35.5. The Morgan fingerprint density at radius 2 is 1.75 bits per heavy atom. The Hall–Kier alpha value is -1.67. The van der Waals surface area contributed by atoms with Crippen molar-refractivity contribution in [3.05, 3.63) is 63.9 Å². The Morgan fingerprint density at radius 1 is 1.12 bits per heavy atom. The second kappa shape index (κ2) is 7.48. The number of nitrogens with one attached hydrogen (secondary N) is 1. The number of amides is 1. The Balaban J connectivity index is 2.35. The molecule has 0 aromatic heterocycles. The maximum Gasteiger partial charge on any atom is 0.241 e. The van der Waals surface area contributed by atoms with Crippen LogP contribution in [0.25, 0.3) is 0 Å². The number of benzene rings is 2. The number of rotatable bonds is 6. The Bertz CT molecular complexity index is 858. The molecule has 0 spiro atoms. The standard InChI is InChI=1S/C15H13Cl2FN2O3S/c16-12-6-5-11(7-13(12)17)24(22,23)20-14(8-15(19)21)9-1-3-10(18)4-2-9/h1-7,14,20H,8H2,(H2,19,21). The van der Waals surface area contributed by atoms with Gasteiger partial charge in [0, 0.05) is 6.42 Å². The molecule has 1 atom stereocenters. The predicted octanol–water partition coefficient (Wildman–Crippen LogP) is 3.03. The lowest BCUT2D eigenvalue weighted by atomic mass is 10.0. The largest absolute Gasteiger partial charge is 0.370 e. The molecule has 0 fully saturated rings. The molecule has 0 saturated carbocycles. The predicted molar refractivity (Wildman–Crippen MR) is 89.7 cm³/mol. The average molecular weight is 391 g/mol. The van der Waals surface area contributed by atoms with E-state index in [9.17, 15) is 17.6 Å². The van der Waals surface area contributed by atoms with Gasteiger partial charge >= 0.3 is 0 Å². The Kier molecular flexibility index (Phi) is 5.82. The van der Waals surface area contributed by atoms with Gasteiger partial charge in [-0.25, -0.2) is 17.5 Å². The number of primary amides is 1. The summed E-state index contributed by atoms with van der Waals surface area (Å²) in [7, 11) is -4.00. The van der Waals surface area contributed by atoms with Crippen molar-refractivity contribution in [2.45, 2.75) is 17.4 Å². The number of nitrogens with two attached hydrogens (primary N) is 1. The summed E-state index contributed by atoms with van der Waals surface area (Å²) >= 11 is 11.6. The van der Waals surface area contributed by atoms with Crippen molar-refractivity contribution in [1.29, 1.82) is 0 Å². The third-order valence-corrected chi connectivity index (χ3v) is 5.38. The number of carbonyl (C=O) groups is 1. The second-order valence-corrected chi connectivity index (χ2v) is 7.50. The minimum Gasteiger partial charge on any atom is -0.370 e. The number of halogens is 3. The van der Waals surface area contributed by atoms with Crippen molar-refractivity contribution in [2.24, 2.45) is 5.73 Å². The number of hydrogen-bond acceptors (Lipinski definition) is 3. The molecule has 9 heteroatoms. The van der Waals surface area contributed by atoms with Crippen LogP contribution in [0.5, 0.6) is 0 Å². The van der Waals surface area contributed by atoms with E-state index < -0.39 is 27.8 Å². The molecule has 0 aliphatic carbocycles. The van der Waals surface area contributed by atoms with Crippen molar-refractivity contribution in [3.63, 3.8) is 0 Å². The summed E-state index contributed by atoms with van der Waals surface area (Å²) in [5.74, 6) is -1.19. The van der Waals surface area contributed by atoms with E-state index in [-0.39, 0.29) is 21.4 Å². The van der Waals surface area contributed by atoms with Gasteiger partial charge in [0.2, 0.25) is 15.9 Å². The van der Waals surface area contributed by atoms with Crippen LogP contribution >= 0.6 is 23.2 Å². The zero-order valence-electron chi connectivity index (χ0n) is 12.2. The molecule has 0 heterocycles. The molecule has 24 heavy (non-hydrogen) atoms. The molecule has 1 unspecified atom stereocenters. The van der Waals surface area contributed by atoms with Crippen molar-refractivity contribution in [3.8, 4) is 0 Å². The maximum atomic E-state index is 13.0. The summed E-state index contributed by atoms with van der Waals surface area (Å²) in [5, 5.41) is 0.288. The molecule has 5 nitrogen and oxygen atoms in total. The van der Waals surface area contributed by atoms with E-state index in [0.29, 0.717) is 5.56 Å². The first-order chi connectivity index (χ1) is 11.2. The van der Waals surface area contributed by atoms with Crippen LogP contribution in [0, 0.1) is 5.82 Å². The lowest BCUT2D eigenvalue weighted by Crippen LogP contribution is -2.31. The van der Waals surface area contributed by atoms with E-state index in [1.165, 1.54) is 30.3 Å². The molecule has 2 aromatic rings. The van der Waals surface area contributed by atoms with Crippen LogP contribution in [0.4, 0.5) is 4.39 Å². The Labute approximate surface area is 148 Å². The first-order valence-electron chi connectivity index (χ1n) is 6.70. The summed E-state index contributed by atoms with van der Waals surface area (Å²) in [4.78, 5) is 11.1. The van der Waals surface area contributed by atoms with Crippen molar-refractivity contribution >= 4 is 39.1 Å². The van der Waals surface area contributed by atoms with Crippen LogP contribution in [-0.2, 0) is 14.8 Å². The second-order valence-electron chi connectivity index (χ2n) is 4.97. The monoisotopic (exact) mass is 390 g/mol. The van der Waals surface area contributed by atoms with Crippen LogP contribution in [0.2, 0.25) is 10.0 Å². The fraction of sp³-hybridized carbons (Fsp3) is 0.133. The lowest BCUT2D eigenvalue weighted by Gasteiger charge is -2.18. The van der Waals surface area contributed by atoms with Gasteiger partial charge < -0.3 is 5.73 Å². The quantitative estimate of drug-likeness (QED) is 0.793. The third kappa shape index (κ3) is 4.67. The van der Waals surface area contributed by atoms with Gasteiger partial charge in [-0.3, -0.25) is 4.79 Å². The van der Waals surface area contributed by atoms with Gasteiger partial charge in [-0.2, -0.15) is 0 Å². The molecule has 3 N–H and O–H groups in total. The molecule has 0 radical (unpaired) electrons. The van der Waals surface area contributed by atoms with E-state index >= 15 is 0 Å². The molecule has 0 aliphatic rings. The van der Waals surface area contributed by atoms with Crippen LogP contribution in [-0.4, -0.2) is 14.3 Å². The first kappa shape index (κ1) is 18.7. The molecule has 0 aliphatic heterocycles. The minimum absolute atomic E-state index is 0.0766. The fourth-order valence-electron chi connectivity index (χ4n) is 2.02. The van der Waals surface area contributed by atoms with Gasteiger partial charge in [0.05, 0.1) is 21.0 Å². The molecule has 0 bridgehead atoms. The van der Waals surface area contributed by atoms with Crippen molar-refractivity contribution in [2.75, 3.05) is 0 Å². The minimum atomic E-state index is -4.00. The first-order valence-corrected chi connectivity index (χ1v) is 8.94. The van der Waals surface area contributed by atoms with Crippen LogP contribution in [0.3, 0.4) is 0 Å². The van der Waals surface area contributed by atoms with Crippen molar-refractivity contribution in [1.82, 2.24) is 4.72 Å². The topological polar surface area (TPSA) is 89.3 Å². The highest BCUT2D eigenvalue weighted by Crippen LogP contribution is 2.26. The molecule has 2 aromatic carbocycles. The number of sulfonamides is 1. The summed E-state index contributed by atoms with van der Waals surface area (Å²) in [6.07, 6.45) is -0.286. The van der Waals surface area contributed by atoms with Gasteiger partial charge in [-0.15, -0.1) is 0 Å². The van der Waals surface area contributed by atoms with Gasteiger partial charge in [0.25, 0.3) is 0 Å². The number of hydrogen-bond donors (Lipinski definition) is 2. The van der Waals surface area contributed by atoms with Gasteiger partial charge in [-0.05, 0) is 35.9 Å². The normalized spacial score (nSPS) is 12.8. The zero-order chi connectivity index (χ0) is 17.9. The van der Waals surface area contributed by atoms with E-state index in [2.05, 4.69) is 4.72 Å². The summed E-state index contributed by atoms with van der Waals surface area (Å²) in [5.41, 5.74) is 5.58. The van der Waals surface area contributed by atoms with E-state index in [4.69, 9.17) is 28.9 Å². The van der Waals surface area contributed by atoms with Gasteiger partial charge in [0.1, 0.15) is 5.82 Å². The van der Waals surface area contributed by atoms with E-state index in [0.717, 1.165) is 12.1 Å². The molecule has 2 rings (SSSR count). The molecule has 1 amide bonds. The SMILES string of the molecule is NC(=O)CC(NS(=O)(=O)c1ccc(Cl)c(Cl)c1)c1ccc(F)cc1. The third-order valence-electron chi connectivity index (χ3n) is 3.18. The maximum absolute atomic E-state index is 13.0. The smallest absolute Gasteiger partial charge is 0.241 e. The zero-order valence-corrected chi connectivity index (χ0v) is 14.5. The van der Waals surface area contributed by atoms with Crippen LogP contribution < -0.4 is 10.5 Å². The van der Waals surface area contributed by atoms with Gasteiger partial charge in [0.15, 0.2) is 0 Å². The van der Waals surface area contributed by atoms with Crippen LogP contribution in [0.1, 0.15) is 18.0 Å². The van der Waals surface area contributed by atoms with Crippen LogP contribution in [0.15, 0.2) is 47.4 Å². The summed E-state index contributed by atoms with van der Waals surface area (Å²) < 4.78 is 40.4. The molecular formula is C15H13Cl2FN2O3S. The number of carbonyl (C=O) groups excluding carboxylic acids is 1. The summed E-state index contributed by atoms with van der Waals surface area (Å²) in [6, 6.07) is 7.96. The average Bonchev–Trinajstić information content (AvgIpc) is 2.49. The van der Waals surface area contributed by atoms with Crippen molar-refractivity contribution < 1.29 is 17.6 Å². The highest BCUT2D eigenvalue weighted by Gasteiger charge is 2.23. The van der Waals surface area contributed by atoms with E-state index in [1.807, 2.05) is 0 Å². The molecule has 0 saturated heterocycles. The lowest BCUT2D eigenvalue weighted by molar-refractivity contribution is -0.118. The fourth-order valence-corrected chi connectivity index (χ4v) is 3.64. The van der Waals surface area contributed by atoms with E-state index in [1.54, 1.807) is 0 Å². The molecular weight excluding hydrogens is 378 g/mol. The highest BCUT2D eigenvalue weighted by molar-refractivity contribution is 7.89. The summed E-state index contributed by atoms with van der Waals surface area (Å²) in [6.45, 7) is 0. The Morgan fingerprint density at radius 3 is 2.29 bits per heavy atom.